The van der Waals surface area contributed by atoms with Crippen molar-refractivity contribution in [2.24, 2.45) is 0 Å². The molecule has 0 fully saturated rings. The van der Waals surface area contributed by atoms with Gasteiger partial charge in [-0.1, -0.05) is 6.07 Å². The van der Waals surface area contributed by atoms with Gasteiger partial charge < -0.3 is 5.73 Å². The monoisotopic (exact) mass is 194 g/mol. The topological polar surface area (TPSA) is 97.4 Å². The lowest BCUT2D eigenvalue weighted by Crippen LogP contribution is -1.90. The molecule has 0 saturated heterocycles. The van der Waals surface area contributed by atoms with Crippen molar-refractivity contribution in [1.29, 1.82) is 15.8 Å². The highest BCUT2D eigenvalue weighted by Gasteiger charge is 1.99. The summed E-state index contributed by atoms with van der Waals surface area (Å²) >= 11 is 0. The number of nitriles is 3. The van der Waals surface area contributed by atoms with E-state index in [4.69, 9.17) is 21.5 Å². The fourth-order valence-corrected chi connectivity index (χ4v) is 1.02. The summed E-state index contributed by atoms with van der Waals surface area (Å²) in [4.78, 5) is 0. The van der Waals surface area contributed by atoms with E-state index in [0.29, 0.717) is 16.8 Å². The van der Waals surface area contributed by atoms with E-state index in [1.54, 1.807) is 24.3 Å². The zero-order chi connectivity index (χ0) is 11.3. The maximum atomic E-state index is 8.71. The highest BCUT2D eigenvalue weighted by atomic mass is 14.6. The molecule has 15 heavy (non-hydrogen) atoms. The van der Waals surface area contributed by atoms with E-state index in [1.807, 2.05) is 6.07 Å². The van der Waals surface area contributed by atoms with Crippen molar-refractivity contribution in [2.45, 2.75) is 0 Å². The Labute approximate surface area is 87.1 Å². The number of hydrogen-bond donors (Lipinski definition) is 1. The molecule has 0 spiro atoms. The van der Waals surface area contributed by atoms with Crippen molar-refractivity contribution < 1.29 is 0 Å². The summed E-state index contributed by atoms with van der Waals surface area (Å²) in [6.45, 7) is 0. The second kappa shape index (κ2) is 4.46. The Hall–Kier alpha value is -2.77. The molecule has 2 N–H and O–H groups in total. The highest BCUT2D eigenvalue weighted by Crippen LogP contribution is 2.15. The number of nitrogen functional groups attached to an aromatic ring is 1. The van der Waals surface area contributed by atoms with Gasteiger partial charge in [0, 0.05) is 5.69 Å². The fourth-order valence-electron chi connectivity index (χ4n) is 1.02. The molecule has 0 aliphatic heterocycles. The summed E-state index contributed by atoms with van der Waals surface area (Å²) in [5, 5.41) is 25.8. The second-order valence-electron chi connectivity index (χ2n) is 2.74. The molecule has 1 rings (SSSR count). The largest absolute Gasteiger partial charge is 0.398 e. The van der Waals surface area contributed by atoms with E-state index in [2.05, 4.69) is 0 Å². The molecular weight excluding hydrogens is 188 g/mol. The van der Waals surface area contributed by atoms with Crippen LogP contribution >= 0.6 is 0 Å². The van der Waals surface area contributed by atoms with Crippen LogP contribution in [-0.2, 0) is 0 Å². The number of nitrogens with two attached hydrogens (primary N) is 1. The molecule has 1 aromatic carbocycles. The van der Waals surface area contributed by atoms with Crippen LogP contribution in [0.2, 0.25) is 0 Å². The Kier molecular flexibility index (Phi) is 3.07. The van der Waals surface area contributed by atoms with Crippen LogP contribution in [0.4, 0.5) is 5.69 Å². The number of anilines is 1. The molecule has 0 atom stereocenters. The lowest BCUT2D eigenvalue weighted by Gasteiger charge is -1.98. The molecule has 0 amide bonds. The van der Waals surface area contributed by atoms with Gasteiger partial charge in [-0.2, -0.15) is 15.8 Å². The van der Waals surface area contributed by atoms with E-state index < -0.39 is 0 Å². The molecule has 0 bridgehead atoms. The van der Waals surface area contributed by atoms with Gasteiger partial charge in [0.15, 0.2) is 0 Å². The van der Waals surface area contributed by atoms with E-state index in [9.17, 15) is 0 Å². The summed E-state index contributed by atoms with van der Waals surface area (Å²) in [7, 11) is 0. The molecule has 0 heterocycles. The summed E-state index contributed by atoms with van der Waals surface area (Å²) in [5.74, 6) is 0. The van der Waals surface area contributed by atoms with Crippen LogP contribution in [0.25, 0.3) is 6.08 Å². The van der Waals surface area contributed by atoms with Gasteiger partial charge >= 0.3 is 0 Å². The van der Waals surface area contributed by atoms with Crippen LogP contribution in [0.3, 0.4) is 0 Å². The van der Waals surface area contributed by atoms with Crippen LogP contribution in [-0.4, -0.2) is 0 Å². The van der Waals surface area contributed by atoms with Crippen molar-refractivity contribution in [3.05, 3.63) is 34.9 Å². The third-order valence-corrected chi connectivity index (χ3v) is 1.75. The third kappa shape index (κ3) is 2.34. The SMILES string of the molecule is N#CC(C#N)=Cc1ccc(N)c(C#N)c1. The number of rotatable bonds is 1. The Morgan fingerprint density at radius 2 is 1.87 bits per heavy atom. The van der Waals surface area contributed by atoms with Gasteiger partial charge in [-0.15, -0.1) is 0 Å². The summed E-state index contributed by atoms with van der Waals surface area (Å²) in [5.41, 5.74) is 6.83. The van der Waals surface area contributed by atoms with Crippen molar-refractivity contribution in [3.8, 4) is 18.2 Å². The lowest BCUT2D eigenvalue weighted by molar-refractivity contribution is 1.46. The molecule has 1 aromatic rings. The smallest absolute Gasteiger partial charge is 0.130 e. The average Bonchev–Trinajstić information content (AvgIpc) is 2.28. The van der Waals surface area contributed by atoms with Gasteiger partial charge in [0.1, 0.15) is 23.8 Å². The van der Waals surface area contributed by atoms with Gasteiger partial charge in [0.2, 0.25) is 0 Å². The second-order valence-corrected chi connectivity index (χ2v) is 2.74. The first-order valence-electron chi connectivity index (χ1n) is 4.02. The minimum absolute atomic E-state index is 0.0105. The predicted octanol–water partition coefficient (Wildman–Crippen LogP) is 1.57. The fraction of sp³-hybridized carbons (Fsp3) is 0. The van der Waals surface area contributed by atoms with Crippen molar-refractivity contribution in [3.63, 3.8) is 0 Å². The Bertz CT molecular complexity index is 519. The average molecular weight is 194 g/mol. The first-order valence-corrected chi connectivity index (χ1v) is 4.02. The van der Waals surface area contributed by atoms with Crippen molar-refractivity contribution in [1.82, 2.24) is 0 Å². The number of allylic oxidation sites excluding steroid dienone is 1. The molecule has 4 nitrogen and oxygen atoms in total. The molecule has 70 valence electrons. The van der Waals surface area contributed by atoms with Crippen molar-refractivity contribution >= 4 is 11.8 Å². The number of benzene rings is 1. The molecule has 0 radical (unpaired) electrons. The van der Waals surface area contributed by atoms with Crippen molar-refractivity contribution in [2.75, 3.05) is 5.73 Å². The van der Waals surface area contributed by atoms with E-state index in [0.717, 1.165) is 0 Å². The van der Waals surface area contributed by atoms with Crippen LogP contribution in [0.1, 0.15) is 11.1 Å². The van der Waals surface area contributed by atoms with Crippen LogP contribution < -0.4 is 5.73 Å². The zero-order valence-corrected chi connectivity index (χ0v) is 7.73. The minimum atomic E-state index is -0.0105. The lowest BCUT2D eigenvalue weighted by atomic mass is 10.1. The van der Waals surface area contributed by atoms with E-state index in [-0.39, 0.29) is 5.57 Å². The highest BCUT2D eigenvalue weighted by molar-refractivity contribution is 5.66. The normalized spacial score (nSPS) is 8.07. The zero-order valence-electron chi connectivity index (χ0n) is 7.73. The Morgan fingerprint density at radius 1 is 1.20 bits per heavy atom. The minimum Gasteiger partial charge on any atom is -0.398 e. The number of nitrogens with zero attached hydrogens (tertiary/aromatic N) is 3. The molecule has 4 heteroatoms. The first-order chi connectivity index (χ1) is 7.21. The van der Waals surface area contributed by atoms with Gasteiger partial charge in [-0.05, 0) is 23.8 Å². The maximum Gasteiger partial charge on any atom is 0.130 e. The molecule has 0 aromatic heterocycles. The maximum absolute atomic E-state index is 8.71. The van der Waals surface area contributed by atoms with Crippen LogP contribution in [0.5, 0.6) is 0 Å². The van der Waals surface area contributed by atoms with Crippen LogP contribution in [0, 0.1) is 34.0 Å². The quantitative estimate of drug-likeness (QED) is 0.541. The van der Waals surface area contributed by atoms with Gasteiger partial charge in [-0.3, -0.25) is 0 Å². The van der Waals surface area contributed by atoms with Gasteiger partial charge in [0.05, 0.1) is 5.56 Å². The first kappa shape index (κ1) is 10.3. The molecule has 0 saturated carbocycles. The molecule has 0 unspecified atom stereocenters. The standard InChI is InChI=1S/C11H6N4/c12-5-9(6-13)3-8-1-2-11(15)10(4-8)7-14/h1-4H,15H2. The predicted molar refractivity (Wildman–Crippen MR) is 54.8 cm³/mol. The Morgan fingerprint density at radius 3 is 2.40 bits per heavy atom. The summed E-state index contributed by atoms with van der Waals surface area (Å²) in [6, 6.07) is 10.1. The van der Waals surface area contributed by atoms with E-state index in [1.165, 1.54) is 12.1 Å². The number of hydrogen-bond acceptors (Lipinski definition) is 4. The van der Waals surface area contributed by atoms with Gasteiger partial charge in [0.25, 0.3) is 0 Å². The summed E-state index contributed by atoms with van der Waals surface area (Å²) in [6.07, 6.45) is 1.40. The Balaban J connectivity index is 3.22. The van der Waals surface area contributed by atoms with Gasteiger partial charge in [-0.25, -0.2) is 0 Å². The summed E-state index contributed by atoms with van der Waals surface area (Å²) < 4.78 is 0. The molecule has 0 aliphatic carbocycles. The van der Waals surface area contributed by atoms with E-state index >= 15 is 0 Å². The third-order valence-electron chi connectivity index (χ3n) is 1.75. The van der Waals surface area contributed by atoms with Crippen LogP contribution in [0.15, 0.2) is 23.8 Å². The molecular formula is C11H6N4. The molecule has 0 aliphatic rings.